The Hall–Kier alpha value is 1.28. The Balaban J connectivity index is -0.000000180. The summed E-state index contributed by atoms with van der Waals surface area (Å²) in [4.78, 5) is 9.93. The van der Waals surface area contributed by atoms with Crippen molar-refractivity contribution in [3.8, 4) is 0 Å². The third kappa shape index (κ3) is 5.41. The molecule has 0 aliphatic rings. The van der Waals surface area contributed by atoms with Crippen LogP contribution in [0.15, 0.2) is 0 Å². The van der Waals surface area contributed by atoms with E-state index in [9.17, 15) is 4.79 Å². The van der Waals surface area contributed by atoms with Crippen LogP contribution in [-0.4, -0.2) is 11.1 Å². The minimum absolute atomic E-state index is 0. The van der Waals surface area contributed by atoms with Crippen LogP contribution in [0.2, 0.25) is 0 Å². The number of hydrogen-bond donors (Lipinski definition) is 1. The van der Waals surface area contributed by atoms with Crippen molar-refractivity contribution >= 4 is 5.97 Å². The molecular formula is C5H11O2Rb. The van der Waals surface area contributed by atoms with Crippen LogP contribution in [0, 0.1) is 5.92 Å². The van der Waals surface area contributed by atoms with E-state index in [1.165, 1.54) is 0 Å². The molecule has 1 atom stereocenters. The molecule has 0 aliphatic heterocycles. The second-order valence-corrected chi connectivity index (χ2v) is 1.65. The first-order valence-corrected chi connectivity index (χ1v) is 2.41. The van der Waals surface area contributed by atoms with E-state index in [0.29, 0.717) is 0 Å². The van der Waals surface area contributed by atoms with Crippen molar-refractivity contribution in [2.24, 2.45) is 5.92 Å². The normalized spacial score (nSPS) is 11.8. The Labute approximate surface area is 99.9 Å². The van der Waals surface area contributed by atoms with E-state index in [4.69, 9.17) is 5.11 Å². The molecular weight excluding hydrogens is 178 g/mol. The van der Waals surface area contributed by atoms with Crippen LogP contribution in [0.25, 0.3) is 0 Å². The van der Waals surface area contributed by atoms with Crippen molar-refractivity contribution in [3.63, 3.8) is 0 Å². The molecule has 44 valence electrons. The SMILES string of the molecule is CCC(C)C(=O)O.[H-].[Rb+]. The zero-order valence-electron chi connectivity index (χ0n) is 6.64. The summed E-state index contributed by atoms with van der Waals surface area (Å²) in [6.07, 6.45) is 0.718. The molecule has 0 aliphatic carbocycles. The smallest absolute Gasteiger partial charge is 1.00 e. The molecule has 0 rings (SSSR count). The fourth-order valence-corrected chi connectivity index (χ4v) is 0.175. The second-order valence-electron chi connectivity index (χ2n) is 1.65. The molecule has 0 saturated carbocycles. The molecule has 2 nitrogen and oxygen atoms in total. The Kier molecular flexibility index (Phi) is 9.59. The summed E-state index contributed by atoms with van der Waals surface area (Å²) in [5.41, 5.74) is 0. The largest absolute Gasteiger partial charge is 1.00 e. The van der Waals surface area contributed by atoms with Gasteiger partial charge in [0.1, 0.15) is 0 Å². The van der Waals surface area contributed by atoms with Crippen LogP contribution in [0.4, 0.5) is 0 Å². The van der Waals surface area contributed by atoms with Crippen molar-refractivity contribution < 1.29 is 69.5 Å². The van der Waals surface area contributed by atoms with Gasteiger partial charge in [0.25, 0.3) is 0 Å². The maximum absolute atomic E-state index is 9.93. The van der Waals surface area contributed by atoms with E-state index < -0.39 is 5.97 Å². The average Bonchev–Trinajstić information content (AvgIpc) is 1.65. The Morgan fingerprint density at radius 2 is 2.25 bits per heavy atom. The number of hydrogen-bond acceptors (Lipinski definition) is 1. The van der Waals surface area contributed by atoms with Crippen molar-refractivity contribution in [2.45, 2.75) is 20.3 Å². The zero-order valence-corrected chi connectivity index (χ0v) is 10.6. The summed E-state index contributed by atoms with van der Waals surface area (Å²) in [6.45, 7) is 3.56. The van der Waals surface area contributed by atoms with E-state index in [0.717, 1.165) is 6.42 Å². The Morgan fingerprint density at radius 1 is 1.88 bits per heavy atom. The van der Waals surface area contributed by atoms with E-state index in [1.54, 1.807) is 6.92 Å². The Morgan fingerprint density at radius 3 is 2.25 bits per heavy atom. The molecule has 1 unspecified atom stereocenters. The number of rotatable bonds is 2. The topological polar surface area (TPSA) is 37.3 Å². The molecule has 0 aromatic carbocycles. The summed E-state index contributed by atoms with van der Waals surface area (Å²) in [6, 6.07) is 0. The van der Waals surface area contributed by atoms with E-state index >= 15 is 0 Å². The summed E-state index contributed by atoms with van der Waals surface area (Å²) in [5.74, 6) is -0.887. The predicted octanol–water partition coefficient (Wildman–Crippen LogP) is -1.77. The van der Waals surface area contributed by atoms with Gasteiger partial charge in [0.15, 0.2) is 0 Å². The first kappa shape index (κ1) is 12.0. The van der Waals surface area contributed by atoms with Gasteiger partial charge in [-0.05, 0) is 6.42 Å². The zero-order chi connectivity index (χ0) is 5.86. The summed E-state index contributed by atoms with van der Waals surface area (Å²) in [7, 11) is 0. The maximum Gasteiger partial charge on any atom is 1.00 e. The van der Waals surface area contributed by atoms with Crippen LogP contribution in [0.5, 0.6) is 0 Å². The van der Waals surface area contributed by atoms with Gasteiger partial charge >= 0.3 is 64.2 Å². The van der Waals surface area contributed by atoms with Crippen molar-refractivity contribution in [1.29, 1.82) is 0 Å². The third-order valence-corrected chi connectivity index (χ3v) is 1.03. The van der Waals surface area contributed by atoms with Gasteiger partial charge < -0.3 is 6.53 Å². The number of carboxylic acids is 1. The first-order chi connectivity index (χ1) is 3.18. The number of aliphatic carboxylic acids is 1. The van der Waals surface area contributed by atoms with Crippen LogP contribution in [-0.2, 0) is 4.79 Å². The van der Waals surface area contributed by atoms with Gasteiger partial charge in [-0.25, -0.2) is 0 Å². The summed E-state index contributed by atoms with van der Waals surface area (Å²) >= 11 is 0. The van der Waals surface area contributed by atoms with Gasteiger partial charge in [0.2, 0.25) is 0 Å². The first-order valence-electron chi connectivity index (χ1n) is 2.41. The number of carboxylic acid groups (broad SMARTS) is 1. The molecule has 8 heavy (non-hydrogen) atoms. The minimum atomic E-state index is -0.706. The molecule has 0 amide bonds. The van der Waals surface area contributed by atoms with Gasteiger partial charge in [0, 0.05) is 0 Å². The molecule has 0 aromatic rings. The average molecular weight is 189 g/mol. The maximum atomic E-state index is 9.93. The number of carbonyl (C=O) groups is 1. The monoisotopic (exact) mass is 188 g/mol. The fourth-order valence-electron chi connectivity index (χ4n) is 0.175. The van der Waals surface area contributed by atoms with Crippen LogP contribution in [0.1, 0.15) is 21.7 Å². The van der Waals surface area contributed by atoms with Crippen molar-refractivity contribution in [3.05, 3.63) is 0 Å². The molecule has 1 N–H and O–H groups in total. The summed E-state index contributed by atoms with van der Waals surface area (Å²) < 4.78 is 0. The summed E-state index contributed by atoms with van der Waals surface area (Å²) in [5, 5.41) is 8.18. The molecule has 0 spiro atoms. The molecule has 0 heterocycles. The minimum Gasteiger partial charge on any atom is -1.00 e. The standard InChI is InChI=1S/C5H10O2.Rb.H/c1-3-4(2)5(6)7;;/h4H,3H2,1-2H3,(H,6,7);;/q;+1;-1. The molecule has 3 heteroatoms. The quantitative estimate of drug-likeness (QED) is 0.557. The fraction of sp³-hybridized carbons (Fsp3) is 0.800. The van der Waals surface area contributed by atoms with E-state index in [1.807, 2.05) is 6.92 Å². The van der Waals surface area contributed by atoms with Gasteiger partial charge in [-0.3, -0.25) is 4.79 Å². The van der Waals surface area contributed by atoms with Crippen LogP contribution >= 0.6 is 0 Å². The van der Waals surface area contributed by atoms with Gasteiger partial charge in [0.05, 0.1) is 5.92 Å². The Bertz CT molecular complexity index is 77.4. The molecule has 0 aromatic heterocycles. The van der Waals surface area contributed by atoms with E-state index in [-0.39, 0.29) is 65.5 Å². The molecule has 0 saturated heterocycles. The predicted molar refractivity (Wildman–Crippen MR) is 28.2 cm³/mol. The second kappa shape index (κ2) is 6.40. The van der Waals surface area contributed by atoms with Crippen LogP contribution < -0.4 is 58.2 Å². The molecule has 0 fully saturated rings. The third-order valence-electron chi connectivity index (χ3n) is 1.03. The molecule has 0 radical (unpaired) electrons. The van der Waals surface area contributed by atoms with Crippen molar-refractivity contribution in [1.82, 2.24) is 0 Å². The van der Waals surface area contributed by atoms with Gasteiger partial charge in [-0.2, -0.15) is 0 Å². The van der Waals surface area contributed by atoms with Crippen molar-refractivity contribution in [2.75, 3.05) is 0 Å². The molecule has 0 bridgehead atoms. The van der Waals surface area contributed by atoms with Crippen LogP contribution in [0.3, 0.4) is 0 Å². The van der Waals surface area contributed by atoms with E-state index in [2.05, 4.69) is 0 Å². The van der Waals surface area contributed by atoms with Gasteiger partial charge in [-0.15, -0.1) is 0 Å². The van der Waals surface area contributed by atoms with Gasteiger partial charge in [-0.1, -0.05) is 13.8 Å².